The number of hydrogen-bond donors (Lipinski definition) is 0. The van der Waals surface area contributed by atoms with E-state index in [9.17, 15) is 0 Å². The Morgan fingerprint density at radius 3 is 2.32 bits per heavy atom. The van der Waals surface area contributed by atoms with Gasteiger partial charge in [-0.1, -0.05) is 36.9 Å². The van der Waals surface area contributed by atoms with Crippen LogP contribution in [0.1, 0.15) is 39.2 Å². The van der Waals surface area contributed by atoms with Crippen LogP contribution in [0.5, 0.6) is 0 Å². The maximum atomic E-state index is 5.76. The normalized spacial score (nSPS) is 12.5. The highest BCUT2D eigenvalue weighted by molar-refractivity contribution is 5.13. The molecule has 0 saturated heterocycles. The summed E-state index contributed by atoms with van der Waals surface area (Å²) in [6.45, 7) is 16.0. The molecule has 1 rings (SSSR count). The molecule has 0 spiro atoms. The molecule has 1 atom stereocenters. The van der Waals surface area contributed by atoms with Crippen LogP contribution in [-0.2, 0) is 11.3 Å². The van der Waals surface area contributed by atoms with Crippen LogP contribution in [0.2, 0.25) is 0 Å². The van der Waals surface area contributed by atoms with Crippen LogP contribution in [0.4, 0.5) is 0 Å². The second-order valence-corrected chi connectivity index (χ2v) is 5.80. The third-order valence-electron chi connectivity index (χ3n) is 4.72. The number of quaternary nitrogens is 1. The van der Waals surface area contributed by atoms with Gasteiger partial charge in [-0.25, -0.2) is 0 Å². The first kappa shape index (κ1) is 21.4. The summed E-state index contributed by atoms with van der Waals surface area (Å²) in [4.78, 5) is 0. The van der Waals surface area contributed by atoms with Gasteiger partial charge in [0.15, 0.2) is 0 Å². The summed E-state index contributed by atoms with van der Waals surface area (Å²) in [5.74, 6) is 0. The molecule has 0 bridgehead atoms. The predicted octanol–water partition coefficient (Wildman–Crippen LogP) is 1.42. The van der Waals surface area contributed by atoms with E-state index >= 15 is 0 Å². The molecule has 3 heteroatoms. The summed E-state index contributed by atoms with van der Waals surface area (Å²) in [6, 6.07) is 10.9. The molecule has 0 aliphatic carbocycles. The van der Waals surface area contributed by atoms with Crippen LogP contribution in [0.15, 0.2) is 43.0 Å². The molecule has 0 N–H and O–H groups in total. The van der Waals surface area contributed by atoms with E-state index in [1.807, 2.05) is 6.07 Å². The molecule has 0 amide bonds. The average molecular weight is 370 g/mol. The zero-order valence-electron chi connectivity index (χ0n) is 14.4. The summed E-state index contributed by atoms with van der Waals surface area (Å²) in [6.07, 6.45) is 4.45. The minimum absolute atomic E-state index is 0. The van der Waals surface area contributed by atoms with E-state index in [0.717, 1.165) is 24.1 Å². The van der Waals surface area contributed by atoms with Gasteiger partial charge in [0.25, 0.3) is 0 Å². The lowest BCUT2D eigenvalue weighted by Gasteiger charge is -2.41. The maximum Gasteiger partial charge on any atom is 0.104 e. The number of ether oxygens (including phenoxy) is 1. The molecule has 126 valence electrons. The van der Waals surface area contributed by atoms with Gasteiger partial charge in [0.05, 0.1) is 26.2 Å². The average Bonchev–Trinajstić information content (AvgIpc) is 2.55. The van der Waals surface area contributed by atoms with Crippen LogP contribution in [0.25, 0.3) is 0 Å². The van der Waals surface area contributed by atoms with Gasteiger partial charge in [0, 0.05) is 6.61 Å². The lowest BCUT2D eigenvalue weighted by molar-refractivity contribution is -0.940. The van der Waals surface area contributed by atoms with Gasteiger partial charge in [0.1, 0.15) is 6.04 Å². The number of unbranched alkanes of at least 4 members (excludes halogenated alkanes) is 1. The molecule has 22 heavy (non-hydrogen) atoms. The Balaban J connectivity index is 0.00000441. The Hall–Kier alpha value is -0.640. The quantitative estimate of drug-likeness (QED) is 0.325. The molecule has 0 aliphatic rings. The monoisotopic (exact) mass is 369 g/mol. The molecule has 0 saturated carbocycles. The molecular weight excluding hydrogens is 338 g/mol. The third-order valence-corrected chi connectivity index (χ3v) is 4.72. The highest BCUT2D eigenvalue weighted by atomic mass is 79.9. The Morgan fingerprint density at radius 1 is 1.14 bits per heavy atom. The van der Waals surface area contributed by atoms with E-state index in [1.54, 1.807) is 0 Å². The van der Waals surface area contributed by atoms with Crippen LogP contribution in [-0.4, -0.2) is 36.8 Å². The Labute approximate surface area is 147 Å². The van der Waals surface area contributed by atoms with Crippen molar-refractivity contribution in [3.63, 3.8) is 0 Å². The highest BCUT2D eigenvalue weighted by Gasteiger charge is 2.27. The Morgan fingerprint density at radius 2 is 1.77 bits per heavy atom. The molecule has 2 nitrogen and oxygen atoms in total. The van der Waals surface area contributed by atoms with Crippen molar-refractivity contribution in [1.29, 1.82) is 0 Å². The first-order valence-corrected chi connectivity index (χ1v) is 8.28. The lowest BCUT2D eigenvalue weighted by Crippen LogP contribution is -3.00. The second-order valence-electron chi connectivity index (χ2n) is 5.80. The number of nitrogens with zero attached hydrogens (tertiary/aromatic N) is 1. The summed E-state index contributed by atoms with van der Waals surface area (Å²) in [5.41, 5.74) is 1.25. The van der Waals surface area contributed by atoms with Crippen LogP contribution in [0.3, 0.4) is 0 Å². The van der Waals surface area contributed by atoms with Crippen molar-refractivity contribution in [3.05, 3.63) is 48.6 Å². The van der Waals surface area contributed by atoms with Crippen molar-refractivity contribution in [2.24, 2.45) is 0 Å². The highest BCUT2D eigenvalue weighted by Crippen LogP contribution is 2.16. The molecular formula is C19H32BrNO. The fourth-order valence-electron chi connectivity index (χ4n) is 2.94. The lowest BCUT2D eigenvalue weighted by atomic mass is 10.1. The molecule has 1 aromatic rings. The number of benzene rings is 1. The molecule has 0 fully saturated rings. The van der Waals surface area contributed by atoms with E-state index in [2.05, 4.69) is 57.7 Å². The van der Waals surface area contributed by atoms with Crippen molar-refractivity contribution in [1.82, 2.24) is 0 Å². The van der Waals surface area contributed by atoms with Crippen molar-refractivity contribution in [3.8, 4) is 0 Å². The number of likely N-dealkylation sites (N-methyl/N-ethyl adjacent to an activating group) is 1. The molecule has 0 aliphatic heterocycles. The first-order valence-electron chi connectivity index (χ1n) is 8.28. The van der Waals surface area contributed by atoms with E-state index in [-0.39, 0.29) is 17.0 Å². The Kier molecular flexibility index (Phi) is 11.5. The van der Waals surface area contributed by atoms with Gasteiger partial charge in [-0.15, -0.1) is 0 Å². The zero-order valence-corrected chi connectivity index (χ0v) is 16.0. The van der Waals surface area contributed by atoms with Gasteiger partial charge in [-0.3, -0.25) is 0 Å². The largest absolute Gasteiger partial charge is 1.00 e. The first-order chi connectivity index (χ1) is 10.2. The Bertz CT molecular complexity index is 390. The third kappa shape index (κ3) is 6.64. The fraction of sp³-hybridized carbons (Fsp3) is 0.579. The fourth-order valence-corrected chi connectivity index (χ4v) is 2.94. The van der Waals surface area contributed by atoms with Gasteiger partial charge in [-0.2, -0.15) is 0 Å². The molecule has 0 aromatic heterocycles. The summed E-state index contributed by atoms with van der Waals surface area (Å²) in [5, 5.41) is 0. The predicted molar refractivity (Wildman–Crippen MR) is 91.2 cm³/mol. The van der Waals surface area contributed by atoms with Gasteiger partial charge >= 0.3 is 0 Å². The van der Waals surface area contributed by atoms with Crippen molar-refractivity contribution < 1.29 is 26.2 Å². The second kappa shape index (κ2) is 11.9. The van der Waals surface area contributed by atoms with Crippen molar-refractivity contribution in [2.75, 3.05) is 26.2 Å². The standard InChI is InChI=1S/C19H32NO.BrH/c1-5-18(4)20(6-2,7-3)15-11-12-16-21-17-19-13-9-8-10-14-19;/h5,8-10,13-14,18H,1,6-7,11-12,15-17H2,2-4H3;1H/q+1;/p-1. The minimum Gasteiger partial charge on any atom is -1.00 e. The number of halogens is 1. The van der Waals surface area contributed by atoms with E-state index in [0.29, 0.717) is 6.04 Å². The van der Waals surface area contributed by atoms with Crippen LogP contribution in [0, 0.1) is 0 Å². The van der Waals surface area contributed by atoms with Gasteiger partial charge in [-0.05, 0) is 45.3 Å². The van der Waals surface area contributed by atoms with E-state index in [1.165, 1.54) is 31.6 Å². The molecule has 0 heterocycles. The topological polar surface area (TPSA) is 9.23 Å². The van der Waals surface area contributed by atoms with Gasteiger partial charge < -0.3 is 26.2 Å². The maximum absolute atomic E-state index is 5.76. The molecule has 0 radical (unpaired) electrons. The zero-order chi connectivity index (χ0) is 15.6. The number of hydrogen-bond acceptors (Lipinski definition) is 1. The number of rotatable bonds is 11. The summed E-state index contributed by atoms with van der Waals surface area (Å²) >= 11 is 0. The minimum atomic E-state index is 0. The summed E-state index contributed by atoms with van der Waals surface area (Å²) < 4.78 is 6.90. The van der Waals surface area contributed by atoms with Crippen molar-refractivity contribution in [2.45, 2.75) is 46.3 Å². The van der Waals surface area contributed by atoms with Crippen molar-refractivity contribution >= 4 is 0 Å². The van der Waals surface area contributed by atoms with E-state index < -0.39 is 0 Å². The van der Waals surface area contributed by atoms with Crippen LogP contribution < -0.4 is 17.0 Å². The SMILES string of the molecule is C=CC(C)[N+](CC)(CC)CCCCOCc1ccccc1.[Br-]. The molecule has 1 unspecified atom stereocenters. The molecule has 1 aromatic carbocycles. The summed E-state index contributed by atoms with van der Waals surface area (Å²) in [7, 11) is 0. The smallest absolute Gasteiger partial charge is 0.104 e. The van der Waals surface area contributed by atoms with Crippen LogP contribution >= 0.6 is 0 Å². The van der Waals surface area contributed by atoms with E-state index in [4.69, 9.17) is 4.74 Å². The van der Waals surface area contributed by atoms with Gasteiger partial charge in [0.2, 0.25) is 0 Å².